The second-order valence-electron chi connectivity index (χ2n) is 3.69. The van der Waals surface area contributed by atoms with Crippen molar-refractivity contribution in [3.05, 3.63) is 35.0 Å². The molecule has 0 unspecified atom stereocenters. The van der Waals surface area contributed by atoms with Gasteiger partial charge in [-0.25, -0.2) is 9.78 Å². The number of carbonyl (C=O) groups is 2. The van der Waals surface area contributed by atoms with Crippen LogP contribution < -0.4 is 5.73 Å². The van der Waals surface area contributed by atoms with Crippen LogP contribution in [0.25, 0.3) is 10.7 Å². The van der Waals surface area contributed by atoms with E-state index in [0.29, 0.717) is 21.3 Å². The van der Waals surface area contributed by atoms with E-state index in [9.17, 15) is 9.59 Å². The molecule has 0 aliphatic rings. The summed E-state index contributed by atoms with van der Waals surface area (Å²) >= 11 is 1.17. The van der Waals surface area contributed by atoms with Crippen LogP contribution in [0.4, 0.5) is 0 Å². The number of esters is 1. The van der Waals surface area contributed by atoms with E-state index < -0.39 is 18.5 Å². The molecule has 0 aliphatic heterocycles. The number of hydrogen-bond acceptors (Lipinski definition) is 6. The van der Waals surface area contributed by atoms with Gasteiger partial charge in [0, 0.05) is 6.20 Å². The monoisotopic (exact) mass is 277 g/mol. The Morgan fingerprint density at radius 2 is 2.21 bits per heavy atom. The van der Waals surface area contributed by atoms with Crippen LogP contribution in [-0.4, -0.2) is 28.5 Å². The third kappa shape index (κ3) is 3.14. The zero-order chi connectivity index (χ0) is 13.8. The minimum absolute atomic E-state index is 0.349. The van der Waals surface area contributed by atoms with Crippen LogP contribution in [0.5, 0.6) is 0 Å². The van der Waals surface area contributed by atoms with Crippen molar-refractivity contribution in [2.45, 2.75) is 6.92 Å². The van der Waals surface area contributed by atoms with Crippen molar-refractivity contribution in [1.82, 2.24) is 9.97 Å². The number of amides is 1. The van der Waals surface area contributed by atoms with E-state index in [-0.39, 0.29) is 0 Å². The summed E-state index contributed by atoms with van der Waals surface area (Å²) in [5.41, 5.74) is 6.14. The van der Waals surface area contributed by atoms with Crippen molar-refractivity contribution in [1.29, 1.82) is 0 Å². The van der Waals surface area contributed by atoms with E-state index in [0.717, 1.165) is 0 Å². The average molecular weight is 277 g/mol. The van der Waals surface area contributed by atoms with Crippen molar-refractivity contribution in [3.63, 3.8) is 0 Å². The largest absolute Gasteiger partial charge is 0.451 e. The van der Waals surface area contributed by atoms with Crippen molar-refractivity contribution in [3.8, 4) is 10.7 Å². The Morgan fingerprint density at radius 1 is 1.42 bits per heavy atom. The summed E-state index contributed by atoms with van der Waals surface area (Å²) in [6, 6.07) is 5.44. The maximum Gasteiger partial charge on any atom is 0.350 e. The number of ether oxygens (including phenoxy) is 1. The lowest BCUT2D eigenvalue weighted by molar-refractivity contribution is -0.121. The van der Waals surface area contributed by atoms with Crippen molar-refractivity contribution in [2.75, 3.05) is 6.61 Å². The minimum Gasteiger partial charge on any atom is -0.451 e. The van der Waals surface area contributed by atoms with E-state index in [2.05, 4.69) is 9.97 Å². The second kappa shape index (κ2) is 5.57. The van der Waals surface area contributed by atoms with Crippen LogP contribution in [0.15, 0.2) is 24.4 Å². The molecule has 0 spiro atoms. The van der Waals surface area contributed by atoms with Crippen LogP contribution in [0, 0.1) is 6.92 Å². The van der Waals surface area contributed by atoms with E-state index in [4.69, 9.17) is 10.5 Å². The molecule has 0 aromatic carbocycles. The van der Waals surface area contributed by atoms with Crippen molar-refractivity contribution in [2.24, 2.45) is 5.73 Å². The van der Waals surface area contributed by atoms with Gasteiger partial charge in [0.05, 0.1) is 11.4 Å². The summed E-state index contributed by atoms with van der Waals surface area (Å²) in [6.07, 6.45) is 1.65. The molecule has 2 N–H and O–H groups in total. The first kappa shape index (κ1) is 13.2. The van der Waals surface area contributed by atoms with Gasteiger partial charge in [-0.1, -0.05) is 6.07 Å². The van der Waals surface area contributed by atoms with Gasteiger partial charge in [-0.05, 0) is 19.1 Å². The van der Waals surface area contributed by atoms with E-state index in [1.54, 1.807) is 25.3 Å². The smallest absolute Gasteiger partial charge is 0.350 e. The summed E-state index contributed by atoms with van der Waals surface area (Å²) in [5, 5.41) is 0.629. The fraction of sp³-hybridized carbons (Fsp3) is 0.167. The maximum absolute atomic E-state index is 11.7. The quantitative estimate of drug-likeness (QED) is 0.846. The number of carbonyl (C=O) groups excluding carboxylic acids is 2. The second-order valence-corrected chi connectivity index (χ2v) is 4.69. The first-order chi connectivity index (χ1) is 9.08. The zero-order valence-electron chi connectivity index (χ0n) is 10.1. The molecule has 0 bridgehead atoms. The molecule has 0 radical (unpaired) electrons. The predicted molar refractivity (Wildman–Crippen MR) is 69.6 cm³/mol. The molecule has 98 valence electrons. The van der Waals surface area contributed by atoms with Gasteiger partial charge in [0.15, 0.2) is 6.61 Å². The van der Waals surface area contributed by atoms with Crippen LogP contribution in [0.3, 0.4) is 0 Å². The van der Waals surface area contributed by atoms with Gasteiger partial charge in [-0.3, -0.25) is 9.78 Å². The lowest BCUT2D eigenvalue weighted by Gasteiger charge is -1.99. The van der Waals surface area contributed by atoms with Gasteiger partial charge in [-0.2, -0.15) is 0 Å². The standard InChI is InChI=1S/C12H11N3O3S/c1-7-10(12(17)18-6-9(13)16)19-11(15-7)8-4-2-3-5-14-8/h2-5H,6H2,1H3,(H2,13,16). The molecule has 0 fully saturated rings. The molecule has 7 heteroatoms. The molecular weight excluding hydrogens is 266 g/mol. The van der Waals surface area contributed by atoms with Crippen molar-refractivity contribution < 1.29 is 14.3 Å². The highest BCUT2D eigenvalue weighted by Gasteiger charge is 2.18. The Morgan fingerprint density at radius 3 is 2.84 bits per heavy atom. The number of nitrogens with zero attached hydrogens (tertiary/aromatic N) is 2. The lowest BCUT2D eigenvalue weighted by Crippen LogP contribution is -2.20. The van der Waals surface area contributed by atoms with Gasteiger partial charge in [-0.15, -0.1) is 11.3 Å². The average Bonchev–Trinajstić information content (AvgIpc) is 2.79. The maximum atomic E-state index is 11.7. The molecule has 2 aromatic heterocycles. The van der Waals surface area contributed by atoms with E-state index in [1.165, 1.54) is 11.3 Å². The first-order valence-electron chi connectivity index (χ1n) is 5.42. The van der Waals surface area contributed by atoms with Crippen LogP contribution >= 0.6 is 11.3 Å². The first-order valence-corrected chi connectivity index (χ1v) is 6.24. The number of hydrogen-bond donors (Lipinski definition) is 1. The van der Waals surface area contributed by atoms with Crippen LogP contribution in [-0.2, 0) is 9.53 Å². The SMILES string of the molecule is Cc1nc(-c2ccccn2)sc1C(=O)OCC(N)=O. The molecule has 2 rings (SSSR count). The number of primary amides is 1. The molecule has 1 amide bonds. The Balaban J connectivity index is 2.22. The van der Waals surface area contributed by atoms with Gasteiger partial charge < -0.3 is 10.5 Å². The molecule has 0 saturated carbocycles. The molecular formula is C12H11N3O3S. The van der Waals surface area contributed by atoms with E-state index >= 15 is 0 Å². The number of rotatable bonds is 4. The summed E-state index contributed by atoms with van der Waals surface area (Å²) in [5.74, 6) is -1.29. The normalized spacial score (nSPS) is 10.2. The van der Waals surface area contributed by atoms with Gasteiger partial charge in [0.1, 0.15) is 9.88 Å². The minimum atomic E-state index is -0.694. The Kier molecular flexibility index (Phi) is 3.86. The molecule has 19 heavy (non-hydrogen) atoms. The Labute approximate surface area is 113 Å². The summed E-state index contributed by atoms with van der Waals surface area (Å²) in [7, 11) is 0. The van der Waals surface area contributed by atoms with Gasteiger partial charge in [0.2, 0.25) is 0 Å². The third-order valence-electron chi connectivity index (χ3n) is 2.21. The number of nitrogens with two attached hydrogens (primary N) is 1. The fourth-order valence-electron chi connectivity index (χ4n) is 1.39. The molecule has 2 aromatic rings. The molecule has 0 aliphatic carbocycles. The number of aromatic nitrogens is 2. The van der Waals surface area contributed by atoms with Crippen molar-refractivity contribution >= 4 is 23.2 Å². The molecule has 0 saturated heterocycles. The van der Waals surface area contributed by atoms with Gasteiger partial charge in [0.25, 0.3) is 5.91 Å². The number of aryl methyl sites for hydroxylation is 1. The zero-order valence-corrected chi connectivity index (χ0v) is 10.9. The number of thiazole rings is 1. The number of pyridine rings is 1. The summed E-state index contributed by atoms with van der Waals surface area (Å²) < 4.78 is 4.76. The summed E-state index contributed by atoms with van der Waals surface area (Å²) in [6.45, 7) is 1.26. The highest BCUT2D eigenvalue weighted by molar-refractivity contribution is 7.17. The molecule has 2 heterocycles. The van der Waals surface area contributed by atoms with Gasteiger partial charge >= 0.3 is 5.97 Å². The van der Waals surface area contributed by atoms with Crippen LogP contribution in [0.2, 0.25) is 0 Å². The lowest BCUT2D eigenvalue weighted by atomic mass is 10.3. The summed E-state index contributed by atoms with van der Waals surface area (Å²) in [4.78, 5) is 31.1. The van der Waals surface area contributed by atoms with E-state index in [1.807, 2.05) is 6.07 Å². The topological polar surface area (TPSA) is 95.2 Å². The predicted octanol–water partition coefficient (Wildman–Crippen LogP) is 1.16. The fourth-order valence-corrected chi connectivity index (χ4v) is 2.32. The Bertz CT molecular complexity index is 610. The highest BCUT2D eigenvalue weighted by Crippen LogP contribution is 2.26. The van der Waals surface area contributed by atoms with Crippen LogP contribution in [0.1, 0.15) is 15.4 Å². The highest BCUT2D eigenvalue weighted by atomic mass is 32.1. The third-order valence-corrected chi connectivity index (χ3v) is 3.37. The Hall–Kier alpha value is -2.28. The molecule has 6 nitrogen and oxygen atoms in total. The molecule has 0 atom stereocenters.